The smallest absolute Gasteiger partial charge is 0.328 e. The largest absolute Gasteiger partial charge is 0.467 e. The summed E-state index contributed by atoms with van der Waals surface area (Å²) in [6.07, 6.45) is 2.15. The van der Waals surface area contributed by atoms with Gasteiger partial charge in [0, 0.05) is 12.6 Å². The monoisotopic (exact) mass is 266 g/mol. The van der Waals surface area contributed by atoms with Crippen molar-refractivity contribution >= 4 is 17.6 Å². The van der Waals surface area contributed by atoms with E-state index in [1.807, 2.05) is 6.92 Å². The lowest BCUT2D eigenvalue weighted by molar-refractivity contribution is -0.141. The minimum absolute atomic E-state index is 0.280. The molecule has 0 bridgehead atoms. The second-order valence-electron chi connectivity index (χ2n) is 4.67. The van der Waals surface area contributed by atoms with Crippen LogP contribution in [0.5, 0.6) is 0 Å². The van der Waals surface area contributed by atoms with Crippen molar-refractivity contribution in [2.75, 3.05) is 24.3 Å². The predicted octanol–water partition coefficient (Wildman–Crippen LogP) is 1.91. The van der Waals surface area contributed by atoms with Gasteiger partial charge in [0.05, 0.1) is 7.11 Å². The Morgan fingerprint density at radius 3 is 2.63 bits per heavy atom. The molecule has 6 heteroatoms. The number of nitrogens with one attached hydrogen (secondary N) is 2. The van der Waals surface area contributed by atoms with Gasteiger partial charge in [0.1, 0.15) is 24.0 Å². The fraction of sp³-hybridized carbons (Fsp3) is 0.615. The van der Waals surface area contributed by atoms with Gasteiger partial charge in [-0.25, -0.2) is 14.8 Å². The molecular weight excluding hydrogens is 244 g/mol. The third-order valence-electron chi connectivity index (χ3n) is 2.54. The molecule has 0 aliphatic carbocycles. The van der Waals surface area contributed by atoms with Gasteiger partial charge >= 0.3 is 5.97 Å². The predicted molar refractivity (Wildman–Crippen MR) is 75.1 cm³/mol. The van der Waals surface area contributed by atoms with Crippen molar-refractivity contribution in [2.24, 2.45) is 5.92 Å². The summed E-state index contributed by atoms with van der Waals surface area (Å²) in [5, 5.41) is 6.19. The number of methoxy groups -OCH3 is 1. The van der Waals surface area contributed by atoms with Gasteiger partial charge in [-0.3, -0.25) is 0 Å². The van der Waals surface area contributed by atoms with Gasteiger partial charge in [0.25, 0.3) is 0 Å². The van der Waals surface area contributed by atoms with Crippen molar-refractivity contribution in [3.8, 4) is 0 Å². The van der Waals surface area contributed by atoms with Gasteiger partial charge in [0.2, 0.25) is 0 Å². The third-order valence-corrected chi connectivity index (χ3v) is 2.54. The minimum Gasteiger partial charge on any atom is -0.467 e. The number of hydrogen-bond acceptors (Lipinski definition) is 6. The molecule has 0 saturated heterocycles. The van der Waals surface area contributed by atoms with Gasteiger partial charge in [-0.1, -0.05) is 13.8 Å². The lowest BCUT2D eigenvalue weighted by Crippen LogP contribution is -2.32. The van der Waals surface area contributed by atoms with Crippen LogP contribution in [0.4, 0.5) is 11.6 Å². The SMILES string of the molecule is CCNc1cc(NC(CC(C)C)C(=O)OC)ncn1. The number of aromatic nitrogens is 2. The van der Waals surface area contributed by atoms with Crippen molar-refractivity contribution < 1.29 is 9.53 Å². The summed E-state index contributed by atoms with van der Waals surface area (Å²) >= 11 is 0. The van der Waals surface area contributed by atoms with Crippen molar-refractivity contribution in [2.45, 2.75) is 33.2 Å². The van der Waals surface area contributed by atoms with E-state index in [0.717, 1.165) is 12.4 Å². The molecule has 6 nitrogen and oxygen atoms in total. The number of carbonyl (C=O) groups excluding carboxylic acids is 1. The quantitative estimate of drug-likeness (QED) is 0.734. The first-order valence-electron chi connectivity index (χ1n) is 6.47. The third kappa shape index (κ3) is 5.11. The summed E-state index contributed by atoms with van der Waals surface area (Å²) in [5.41, 5.74) is 0. The Morgan fingerprint density at radius 1 is 1.37 bits per heavy atom. The summed E-state index contributed by atoms with van der Waals surface area (Å²) < 4.78 is 4.80. The van der Waals surface area contributed by atoms with E-state index in [2.05, 4.69) is 34.4 Å². The molecule has 1 unspecified atom stereocenters. The van der Waals surface area contributed by atoms with Gasteiger partial charge in [-0.2, -0.15) is 0 Å². The topological polar surface area (TPSA) is 76.1 Å². The molecule has 1 heterocycles. The molecule has 1 aromatic rings. The number of nitrogens with zero attached hydrogens (tertiary/aromatic N) is 2. The van der Waals surface area contributed by atoms with Crippen LogP contribution in [-0.4, -0.2) is 35.6 Å². The Labute approximate surface area is 114 Å². The Morgan fingerprint density at radius 2 is 2.05 bits per heavy atom. The molecule has 1 aromatic heterocycles. The molecule has 0 aliphatic heterocycles. The average Bonchev–Trinajstić information content (AvgIpc) is 2.37. The zero-order chi connectivity index (χ0) is 14.3. The molecule has 106 valence electrons. The molecule has 0 aromatic carbocycles. The van der Waals surface area contributed by atoms with Gasteiger partial charge < -0.3 is 15.4 Å². The van der Waals surface area contributed by atoms with Crippen LogP contribution in [0.3, 0.4) is 0 Å². The van der Waals surface area contributed by atoms with Crippen LogP contribution in [0.25, 0.3) is 0 Å². The zero-order valence-electron chi connectivity index (χ0n) is 11.9. The van der Waals surface area contributed by atoms with Crippen LogP contribution in [0.15, 0.2) is 12.4 Å². The lowest BCUT2D eigenvalue weighted by Gasteiger charge is -2.19. The Hall–Kier alpha value is -1.85. The number of carbonyl (C=O) groups is 1. The molecule has 0 saturated carbocycles. The molecule has 0 aliphatic rings. The van der Waals surface area contributed by atoms with E-state index in [-0.39, 0.29) is 5.97 Å². The standard InChI is InChI=1S/C13H22N4O2/c1-5-14-11-7-12(16-8-15-11)17-10(6-9(2)3)13(18)19-4/h7-10H,5-6H2,1-4H3,(H2,14,15,16,17). The van der Waals surface area contributed by atoms with E-state index >= 15 is 0 Å². The first kappa shape index (κ1) is 15.2. The van der Waals surface area contributed by atoms with Crippen molar-refractivity contribution in [3.63, 3.8) is 0 Å². The Kier molecular flexibility index (Phi) is 6.05. The summed E-state index contributed by atoms with van der Waals surface area (Å²) in [6, 6.07) is 1.38. The highest BCUT2D eigenvalue weighted by molar-refractivity contribution is 5.78. The van der Waals surface area contributed by atoms with E-state index in [4.69, 9.17) is 4.74 Å². The van der Waals surface area contributed by atoms with Crippen LogP contribution >= 0.6 is 0 Å². The number of ether oxygens (including phenoxy) is 1. The summed E-state index contributed by atoms with van der Waals surface area (Å²) in [6.45, 7) is 6.89. The molecular formula is C13H22N4O2. The van der Waals surface area contributed by atoms with Gasteiger partial charge in [-0.15, -0.1) is 0 Å². The maximum atomic E-state index is 11.7. The normalized spacial score (nSPS) is 12.1. The molecule has 0 amide bonds. The van der Waals surface area contributed by atoms with E-state index < -0.39 is 6.04 Å². The van der Waals surface area contributed by atoms with Crippen molar-refractivity contribution in [1.29, 1.82) is 0 Å². The number of rotatable bonds is 7. The summed E-state index contributed by atoms with van der Waals surface area (Å²) in [4.78, 5) is 19.9. The number of esters is 1. The highest BCUT2D eigenvalue weighted by Crippen LogP contribution is 2.14. The average molecular weight is 266 g/mol. The van der Waals surface area contributed by atoms with E-state index in [0.29, 0.717) is 18.2 Å². The molecule has 0 radical (unpaired) electrons. The first-order valence-corrected chi connectivity index (χ1v) is 6.47. The summed E-state index contributed by atoms with van der Waals surface area (Å²) in [5.74, 6) is 1.44. The van der Waals surface area contributed by atoms with Crippen LogP contribution in [-0.2, 0) is 9.53 Å². The molecule has 0 spiro atoms. The zero-order valence-corrected chi connectivity index (χ0v) is 11.9. The van der Waals surface area contributed by atoms with E-state index in [9.17, 15) is 4.79 Å². The van der Waals surface area contributed by atoms with Gasteiger partial charge in [0.15, 0.2) is 0 Å². The van der Waals surface area contributed by atoms with E-state index in [1.54, 1.807) is 6.07 Å². The minimum atomic E-state index is -0.394. The van der Waals surface area contributed by atoms with Crippen LogP contribution < -0.4 is 10.6 Å². The first-order chi connectivity index (χ1) is 9.06. The highest BCUT2D eigenvalue weighted by Gasteiger charge is 2.20. The molecule has 19 heavy (non-hydrogen) atoms. The van der Waals surface area contributed by atoms with Crippen LogP contribution in [0.1, 0.15) is 27.2 Å². The lowest BCUT2D eigenvalue weighted by atomic mass is 10.0. The summed E-state index contributed by atoms with van der Waals surface area (Å²) in [7, 11) is 1.39. The van der Waals surface area contributed by atoms with Gasteiger partial charge in [-0.05, 0) is 19.3 Å². The maximum absolute atomic E-state index is 11.7. The second-order valence-corrected chi connectivity index (χ2v) is 4.67. The van der Waals surface area contributed by atoms with Crippen LogP contribution in [0.2, 0.25) is 0 Å². The number of hydrogen-bond donors (Lipinski definition) is 2. The molecule has 0 fully saturated rings. The second kappa shape index (κ2) is 7.56. The fourth-order valence-electron chi connectivity index (χ4n) is 1.72. The molecule has 1 atom stereocenters. The van der Waals surface area contributed by atoms with Crippen molar-refractivity contribution in [1.82, 2.24) is 9.97 Å². The fourth-order valence-corrected chi connectivity index (χ4v) is 1.72. The molecule has 2 N–H and O–H groups in total. The van der Waals surface area contributed by atoms with E-state index in [1.165, 1.54) is 13.4 Å². The maximum Gasteiger partial charge on any atom is 0.328 e. The molecule has 1 rings (SSSR count). The Balaban J connectivity index is 2.77. The van der Waals surface area contributed by atoms with Crippen LogP contribution in [0, 0.1) is 5.92 Å². The highest BCUT2D eigenvalue weighted by atomic mass is 16.5. The van der Waals surface area contributed by atoms with Crippen molar-refractivity contribution in [3.05, 3.63) is 12.4 Å². The Bertz CT molecular complexity index is 409. The number of anilines is 2.